The fourth-order valence-electron chi connectivity index (χ4n) is 3.16. The van der Waals surface area contributed by atoms with Crippen molar-refractivity contribution in [3.8, 4) is 0 Å². The number of benzene rings is 1. The lowest BCUT2D eigenvalue weighted by Crippen LogP contribution is -3.11. The van der Waals surface area contributed by atoms with Crippen molar-refractivity contribution in [3.05, 3.63) is 59.8 Å². The van der Waals surface area contributed by atoms with Crippen LogP contribution in [0.2, 0.25) is 0 Å². The van der Waals surface area contributed by atoms with E-state index in [1.807, 2.05) is 12.1 Å². The zero-order valence-corrected chi connectivity index (χ0v) is 14.4. The second-order valence-corrected chi connectivity index (χ2v) is 6.53. The smallest absolute Gasteiger partial charge is 0.166 e. The first kappa shape index (κ1) is 16.9. The van der Waals surface area contributed by atoms with Crippen molar-refractivity contribution in [2.45, 2.75) is 25.4 Å². The summed E-state index contributed by atoms with van der Waals surface area (Å²) in [7, 11) is 0. The van der Waals surface area contributed by atoms with Crippen molar-refractivity contribution in [2.24, 2.45) is 0 Å². The number of rotatable bonds is 6. The van der Waals surface area contributed by atoms with Gasteiger partial charge in [-0.2, -0.15) is 0 Å². The molecular formula is C18H23FN3OS+. The van der Waals surface area contributed by atoms with E-state index in [9.17, 15) is 4.39 Å². The van der Waals surface area contributed by atoms with Crippen LogP contribution >= 0.6 is 12.2 Å². The second kappa shape index (κ2) is 8.26. The van der Waals surface area contributed by atoms with Crippen molar-refractivity contribution in [2.75, 3.05) is 19.6 Å². The summed E-state index contributed by atoms with van der Waals surface area (Å²) in [5.41, 5.74) is 0.994. The Labute approximate surface area is 147 Å². The van der Waals surface area contributed by atoms with E-state index in [-0.39, 0.29) is 11.9 Å². The molecule has 1 aliphatic heterocycles. The minimum atomic E-state index is -0.227. The Kier molecular flexibility index (Phi) is 5.82. The Morgan fingerprint density at radius 3 is 2.58 bits per heavy atom. The minimum absolute atomic E-state index is 0.227. The summed E-state index contributed by atoms with van der Waals surface area (Å²) in [5, 5.41) is 7.07. The Hall–Kier alpha value is -1.92. The highest BCUT2D eigenvalue weighted by Crippen LogP contribution is 2.11. The molecule has 3 N–H and O–H groups in total. The van der Waals surface area contributed by atoms with E-state index >= 15 is 0 Å². The first-order valence-corrected chi connectivity index (χ1v) is 8.77. The van der Waals surface area contributed by atoms with Crippen LogP contribution < -0.4 is 15.5 Å². The number of thiocarbonyl (C=S) groups is 1. The van der Waals surface area contributed by atoms with Gasteiger partial charge in [-0.05, 0) is 42.0 Å². The molecule has 1 aromatic heterocycles. The van der Waals surface area contributed by atoms with Gasteiger partial charge in [0.15, 0.2) is 16.9 Å². The number of likely N-dealkylation sites (tertiary alicyclic amines) is 1. The van der Waals surface area contributed by atoms with E-state index in [0.29, 0.717) is 11.7 Å². The fourth-order valence-corrected chi connectivity index (χ4v) is 3.31. The Morgan fingerprint density at radius 2 is 1.92 bits per heavy atom. The van der Waals surface area contributed by atoms with E-state index in [4.69, 9.17) is 16.6 Å². The molecule has 0 bridgehead atoms. The molecule has 0 spiro atoms. The van der Waals surface area contributed by atoms with Crippen LogP contribution in [0.3, 0.4) is 0 Å². The highest BCUT2D eigenvalue weighted by atomic mass is 32.1. The molecular weight excluding hydrogens is 325 g/mol. The predicted molar refractivity (Wildman–Crippen MR) is 95.2 cm³/mol. The van der Waals surface area contributed by atoms with Crippen molar-refractivity contribution in [3.63, 3.8) is 0 Å². The van der Waals surface area contributed by atoms with E-state index in [0.717, 1.165) is 17.9 Å². The van der Waals surface area contributed by atoms with Crippen molar-refractivity contribution >= 4 is 17.3 Å². The Balaban J connectivity index is 1.50. The first-order chi connectivity index (χ1) is 11.7. The van der Waals surface area contributed by atoms with Crippen molar-refractivity contribution in [1.82, 2.24) is 10.6 Å². The molecule has 24 heavy (non-hydrogen) atoms. The van der Waals surface area contributed by atoms with Crippen LogP contribution in [0.4, 0.5) is 4.39 Å². The van der Waals surface area contributed by atoms with E-state index in [1.165, 1.54) is 38.1 Å². The maximum Gasteiger partial charge on any atom is 0.166 e. The lowest BCUT2D eigenvalue weighted by atomic mass is 10.2. The SMILES string of the molecule is Fc1ccc(CNC(=S)NC[C@H](c2ccco2)[NH+]2CCCC2)cc1. The summed E-state index contributed by atoms with van der Waals surface area (Å²) in [6.07, 6.45) is 4.25. The molecule has 1 fully saturated rings. The van der Waals surface area contributed by atoms with Gasteiger partial charge in [-0.15, -0.1) is 0 Å². The van der Waals surface area contributed by atoms with E-state index < -0.39 is 0 Å². The van der Waals surface area contributed by atoms with Gasteiger partial charge in [-0.25, -0.2) is 4.39 Å². The summed E-state index contributed by atoms with van der Waals surface area (Å²) in [4.78, 5) is 1.54. The molecule has 0 amide bonds. The molecule has 1 saturated heterocycles. The van der Waals surface area contributed by atoms with Crippen LogP contribution in [-0.4, -0.2) is 24.7 Å². The minimum Gasteiger partial charge on any atom is -0.463 e. The summed E-state index contributed by atoms with van der Waals surface area (Å²) in [5.74, 6) is 0.773. The molecule has 1 atom stereocenters. The molecule has 6 heteroatoms. The average molecular weight is 348 g/mol. The summed E-state index contributed by atoms with van der Waals surface area (Å²) < 4.78 is 18.5. The lowest BCUT2D eigenvalue weighted by molar-refractivity contribution is -0.919. The Bertz CT molecular complexity index is 639. The number of hydrogen-bond donors (Lipinski definition) is 3. The van der Waals surface area contributed by atoms with Gasteiger partial charge in [-0.1, -0.05) is 12.1 Å². The zero-order chi connectivity index (χ0) is 16.8. The monoisotopic (exact) mass is 348 g/mol. The molecule has 0 aliphatic carbocycles. The molecule has 0 saturated carbocycles. The quantitative estimate of drug-likeness (QED) is 0.697. The molecule has 4 nitrogen and oxygen atoms in total. The van der Waals surface area contributed by atoms with Crippen LogP contribution in [0.1, 0.15) is 30.2 Å². The van der Waals surface area contributed by atoms with Gasteiger partial charge >= 0.3 is 0 Å². The van der Waals surface area contributed by atoms with Gasteiger partial charge in [0.05, 0.1) is 25.9 Å². The zero-order valence-electron chi connectivity index (χ0n) is 13.6. The number of halogens is 1. The highest BCUT2D eigenvalue weighted by molar-refractivity contribution is 7.80. The molecule has 128 valence electrons. The third-order valence-electron chi connectivity index (χ3n) is 4.46. The number of quaternary nitrogens is 1. The van der Waals surface area contributed by atoms with Gasteiger partial charge in [-0.3, -0.25) is 0 Å². The van der Waals surface area contributed by atoms with Gasteiger partial charge in [0.25, 0.3) is 0 Å². The van der Waals surface area contributed by atoms with Crippen LogP contribution in [0.15, 0.2) is 47.1 Å². The Morgan fingerprint density at radius 1 is 1.17 bits per heavy atom. The summed E-state index contributed by atoms with van der Waals surface area (Å²) in [6.45, 7) is 3.65. The van der Waals surface area contributed by atoms with Gasteiger partial charge in [0.2, 0.25) is 0 Å². The van der Waals surface area contributed by atoms with Crippen LogP contribution in [0.25, 0.3) is 0 Å². The molecule has 2 heterocycles. The van der Waals surface area contributed by atoms with Crippen molar-refractivity contribution in [1.29, 1.82) is 0 Å². The topological polar surface area (TPSA) is 41.6 Å². The van der Waals surface area contributed by atoms with Gasteiger partial charge in [0, 0.05) is 19.4 Å². The molecule has 2 aromatic rings. The number of nitrogens with one attached hydrogen (secondary N) is 3. The molecule has 3 rings (SSSR count). The maximum atomic E-state index is 12.9. The molecule has 0 unspecified atom stereocenters. The lowest BCUT2D eigenvalue weighted by Gasteiger charge is -2.23. The molecule has 0 radical (unpaired) electrons. The average Bonchev–Trinajstić information content (AvgIpc) is 3.29. The van der Waals surface area contributed by atoms with Crippen LogP contribution in [-0.2, 0) is 6.54 Å². The standard InChI is InChI=1S/C18H22FN3OS/c19-15-7-5-14(6-8-15)12-20-18(24)21-13-16(17-4-3-11-23-17)22-9-1-2-10-22/h3-8,11,16H,1-2,9-10,12-13H2,(H2,20,21,24)/p+1/t16-/m1/s1. The van der Waals surface area contributed by atoms with Crippen LogP contribution in [0, 0.1) is 5.82 Å². The van der Waals surface area contributed by atoms with E-state index in [1.54, 1.807) is 23.3 Å². The maximum absolute atomic E-state index is 12.9. The number of hydrogen-bond acceptors (Lipinski definition) is 2. The van der Waals surface area contributed by atoms with Crippen molar-refractivity contribution < 1.29 is 13.7 Å². The second-order valence-electron chi connectivity index (χ2n) is 6.12. The predicted octanol–water partition coefficient (Wildman–Crippen LogP) is 1.80. The van der Waals surface area contributed by atoms with E-state index in [2.05, 4.69) is 10.6 Å². The highest BCUT2D eigenvalue weighted by Gasteiger charge is 2.29. The largest absolute Gasteiger partial charge is 0.463 e. The third-order valence-corrected chi connectivity index (χ3v) is 4.75. The van der Waals surface area contributed by atoms with Crippen LogP contribution in [0.5, 0.6) is 0 Å². The van der Waals surface area contributed by atoms with Gasteiger partial charge < -0.3 is 20.0 Å². The van der Waals surface area contributed by atoms with Gasteiger partial charge in [0.1, 0.15) is 5.82 Å². The summed E-state index contributed by atoms with van der Waals surface area (Å²) >= 11 is 5.37. The fraction of sp³-hybridized carbons (Fsp3) is 0.389. The summed E-state index contributed by atoms with van der Waals surface area (Å²) in [6, 6.07) is 10.7. The third kappa shape index (κ3) is 4.55. The normalized spacial score (nSPS) is 16.0. The number of furan rings is 1. The molecule has 1 aromatic carbocycles. The first-order valence-electron chi connectivity index (χ1n) is 8.36. The molecule has 1 aliphatic rings.